The summed E-state index contributed by atoms with van der Waals surface area (Å²) in [7, 11) is 2.11. The van der Waals surface area contributed by atoms with Crippen LogP contribution in [0.2, 0.25) is 0 Å². The lowest BCUT2D eigenvalue weighted by Crippen LogP contribution is -2.15. The number of aromatic nitrogens is 1. The lowest BCUT2D eigenvalue weighted by atomic mass is 10.0. The largest absolute Gasteiger partial charge is 0.350 e. The molecule has 1 aromatic heterocycles. The van der Waals surface area contributed by atoms with Gasteiger partial charge in [0.05, 0.1) is 0 Å². The Balaban J connectivity index is 2.45. The molecule has 2 nitrogen and oxygen atoms in total. The van der Waals surface area contributed by atoms with Crippen LogP contribution in [0.25, 0.3) is 10.9 Å². The van der Waals surface area contributed by atoms with Crippen LogP contribution in [-0.2, 0) is 13.5 Å². The SMILES string of the molecule is Cc1cccc2c1c(CCC(C)N)cn2C. The van der Waals surface area contributed by atoms with E-state index < -0.39 is 0 Å². The summed E-state index contributed by atoms with van der Waals surface area (Å²) in [6, 6.07) is 6.75. The Labute approximate surface area is 97.1 Å². The Hall–Kier alpha value is -1.28. The van der Waals surface area contributed by atoms with Crippen molar-refractivity contribution >= 4 is 10.9 Å². The second-order valence-electron chi connectivity index (χ2n) is 4.75. The summed E-state index contributed by atoms with van der Waals surface area (Å²) in [5.41, 5.74) is 9.92. The van der Waals surface area contributed by atoms with Gasteiger partial charge in [-0.1, -0.05) is 12.1 Å². The van der Waals surface area contributed by atoms with Gasteiger partial charge in [0.1, 0.15) is 0 Å². The molecule has 1 atom stereocenters. The Bertz CT molecular complexity index is 495. The van der Waals surface area contributed by atoms with E-state index in [0.29, 0.717) is 0 Å². The minimum Gasteiger partial charge on any atom is -0.350 e. The summed E-state index contributed by atoms with van der Waals surface area (Å²) in [5, 5.41) is 1.41. The van der Waals surface area contributed by atoms with Crippen molar-refractivity contribution in [1.29, 1.82) is 0 Å². The van der Waals surface area contributed by atoms with Crippen LogP contribution < -0.4 is 5.73 Å². The number of aryl methyl sites for hydroxylation is 3. The van der Waals surface area contributed by atoms with Gasteiger partial charge in [0.15, 0.2) is 0 Å². The van der Waals surface area contributed by atoms with E-state index >= 15 is 0 Å². The zero-order valence-corrected chi connectivity index (χ0v) is 10.3. The van der Waals surface area contributed by atoms with Gasteiger partial charge in [-0.3, -0.25) is 0 Å². The van der Waals surface area contributed by atoms with Crippen molar-refractivity contribution in [3.8, 4) is 0 Å². The number of nitrogens with zero attached hydrogens (tertiary/aromatic N) is 1. The van der Waals surface area contributed by atoms with E-state index in [1.807, 2.05) is 0 Å². The van der Waals surface area contributed by atoms with Crippen LogP contribution in [0.4, 0.5) is 0 Å². The third kappa shape index (κ3) is 1.98. The first kappa shape index (κ1) is 11.2. The first-order valence-electron chi connectivity index (χ1n) is 5.88. The van der Waals surface area contributed by atoms with E-state index in [1.165, 1.54) is 22.0 Å². The Morgan fingerprint density at radius 3 is 2.81 bits per heavy atom. The third-order valence-corrected chi connectivity index (χ3v) is 3.17. The maximum absolute atomic E-state index is 5.82. The molecule has 0 radical (unpaired) electrons. The van der Waals surface area contributed by atoms with Crippen molar-refractivity contribution in [2.45, 2.75) is 32.7 Å². The zero-order valence-electron chi connectivity index (χ0n) is 10.3. The summed E-state index contributed by atoms with van der Waals surface area (Å²) in [6.07, 6.45) is 4.35. The van der Waals surface area contributed by atoms with Crippen molar-refractivity contribution in [2.24, 2.45) is 12.8 Å². The zero-order chi connectivity index (χ0) is 11.7. The topological polar surface area (TPSA) is 30.9 Å². The lowest BCUT2D eigenvalue weighted by Gasteiger charge is -2.04. The van der Waals surface area contributed by atoms with Crippen molar-refractivity contribution in [1.82, 2.24) is 4.57 Å². The van der Waals surface area contributed by atoms with Crippen molar-refractivity contribution in [3.63, 3.8) is 0 Å². The standard InChI is InChI=1S/C14H20N2/c1-10-5-4-6-13-14(10)12(9-16(13)3)8-7-11(2)15/h4-6,9,11H,7-8,15H2,1-3H3. The van der Waals surface area contributed by atoms with Gasteiger partial charge in [-0.05, 0) is 43.9 Å². The lowest BCUT2D eigenvalue weighted by molar-refractivity contribution is 0.667. The minimum absolute atomic E-state index is 0.277. The molecule has 2 aromatic rings. The average Bonchev–Trinajstić information content (AvgIpc) is 2.55. The second-order valence-corrected chi connectivity index (χ2v) is 4.75. The first-order valence-corrected chi connectivity index (χ1v) is 5.88. The number of rotatable bonds is 3. The van der Waals surface area contributed by atoms with Gasteiger partial charge in [-0.2, -0.15) is 0 Å². The summed E-state index contributed by atoms with van der Waals surface area (Å²) >= 11 is 0. The summed E-state index contributed by atoms with van der Waals surface area (Å²) in [6.45, 7) is 4.25. The first-order chi connectivity index (χ1) is 7.59. The molecule has 1 heterocycles. The normalized spacial score (nSPS) is 13.2. The smallest absolute Gasteiger partial charge is 0.0483 e. The van der Waals surface area contributed by atoms with Gasteiger partial charge in [0.25, 0.3) is 0 Å². The van der Waals surface area contributed by atoms with Gasteiger partial charge in [0.2, 0.25) is 0 Å². The highest BCUT2D eigenvalue weighted by Crippen LogP contribution is 2.25. The molecule has 0 aliphatic rings. The molecule has 16 heavy (non-hydrogen) atoms. The van der Waals surface area contributed by atoms with Crippen molar-refractivity contribution in [2.75, 3.05) is 0 Å². The quantitative estimate of drug-likeness (QED) is 0.840. The fourth-order valence-corrected chi connectivity index (χ4v) is 2.30. The fraction of sp³-hybridized carbons (Fsp3) is 0.429. The fourth-order valence-electron chi connectivity index (χ4n) is 2.30. The van der Waals surface area contributed by atoms with Gasteiger partial charge in [0, 0.05) is 30.2 Å². The molecule has 0 amide bonds. The maximum atomic E-state index is 5.82. The predicted molar refractivity (Wildman–Crippen MR) is 69.6 cm³/mol. The Morgan fingerprint density at radius 2 is 2.12 bits per heavy atom. The number of nitrogens with two attached hydrogens (primary N) is 1. The van der Waals surface area contributed by atoms with E-state index in [4.69, 9.17) is 5.73 Å². The van der Waals surface area contributed by atoms with E-state index in [-0.39, 0.29) is 6.04 Å². The molecular formula is C14H20N2. The molecule has 0 bridgehead atoms. The molecule has 0 saturated heterocycles. The molecule has 2 rings (SSSR count). The van der Waals surface area contributed by atoms with Crippen LogP contribution in [0.3, 0.4) is 0 Å². The van der Waals surface area contributed by atoms with Crippen molar-refractivity contribution < 1.29 is 0 Å². The molecule has 2 N–H and O–H groups in total. The minimum atomic E-state index is 0.277. The van der Waals surface area contributed by atoms with Crippen molar-refractivity contribution in [3.05, 3.63) is 35.5 Å². The Kier molecular flexibility index (Phi) is 3.01. The third-order valence-electron chi connectivity index (χ3n) is 3.17. The van der Waals surface area contributed by atoms with E-state index in [9.17, 15) is 0 Å². The molecule has 0 saturated carbocycles. The molecule has 0 fully saturated rings. The van der Waals surface area contributed by atoms with E-state index in [0.717, 1.165) is 12.8 Å². The summed E-state index contributed by atoms with van der Waals surface area (Å²) in [5.74, 6) is 0. The molecule has 86 valence electrons. The average molecular weight is 216 g/mol. The summed E-state index contributed by atoms with van der Waals surface area (Å²) < 4.78 is 2.21. The van der Waals surface area contributed by atoms with Crippen LogP contribution in [0.1, 0.15) is 24.5 Å². The van der Waals surface area contributed by atoms with Crippen LogP contribution >= 0.6 is 0 Å². The highest BCUT2D eigenvalue weighted by molar-refractivity contribution is 5.87. The van der Waals surface area contributed by atoms with Crippen LogP contribution in [0.5, 0.6) is 0 Å². The Morgan fingerprint density at radius 1 is 1.38 bits per heavy atom. The van der Waals surface area contributed by atoms with E-state index in [2.05, 4.69) is 49.9 Å². The predicted octanol–water partition coefficient (Wildman–Crippen LogP) is 2.77. The van der Waals surface area contributed by atoms with Crippen LogP contribution in [-0.4, -0.2) is 10.6 Å². The van der Waals surface area contributed by atoms with Gasteiger partial charge in [-0.15, -0.1) is 0 Å². The molecule has 2 heteroatoms. The number of hydrogen-bond donors (Lipinski definition) is 1. The maximum Gasteiger partial charge on any atom is 0.0483 e. The molecule has 0 aliphatic heterocycles. The molecule has 1 unspecified atom stereocenters. The molecular weight excluding hydrogens is 196 g/mol. The van der Waals surface area contributed by atoms with Gasteiger partial charge < -0.3 is 10.3 Å². The highest BCUT2D eigenvalue weighted by Gasteiger charge is 2.08. The number of hydrogen-bond acceptors (Lipinski definition) is 1. The highest BCUT2D eigenvalue weighted by atomic mass is 14.9. The number of benzene rings is 1. The molecule has 1 aromatic carbocycles. The molecule has 0 spiro atoms. The van der Waals surface area contributed by atoms with Crippen LogP contribution in [0.15, 0.2) is 24.4 Å². The van der Waals surface area contributed by atoms with Gasteiger partial charge >= 0.3 is 0 Å². The number of fused-ring (bicyclic) bond motifs is 1. The van der Waals surface area contributed by atoms with Crippen LogP contribution in [0, 0.1) is 6.92 Å². The molecule has 0 aliphatic carbocycles. The van der Waals surface area contributed by atoms with Gasteiger partial charge in [-0.25, -0.2) is 0 Å². The van der Waals surface area contributed by atoms with E-state index in [1.54, 1.807) is 0 Å². The summed E-state index contributed by atoms with van der Waals surface area (Å²) in [4.78, 5) is 0. The second kappa shape index (κ2) is 4.30. The monoisotopic (exact) mass is 216 g/mol.